The predicted octanol–water partition coefficient (Wildman–Crippen LogP) is 1.30. The Morgan fingerprint density at radius 3 is 3.00 bits per heavy atom. The molecule has 1 atom stereocenters. The first-order chi connectivity index (χ1) is 8.65. The third-order valence-corrected chi connectivity index (χ3v) is 3.12. The lowest BCUT2D eigenvalue weighted by molar-refractivity contribution is -0.119. The molecule has 2 N–H and O–H groups in total. The molecule has 0 saturated carbocycles. The highest BCUT2D eigenvalue weighted by Gasteiger charge is 2.22. The van der Waals surface area contributed by atoms with Gasteiger partial charge >= 0.3 is 0 Å². The van der Waals surface area contributed by atoms with E-state index in [1.807, 2.05) is 32.3 Å². The molecule has 18 heavy (non-hydrogen) atoms. The molecule has 4 heteroatoms. The summed E-state index contributed by atoms with van der Waals surface area (Å²) in [7, 11) is 4.07. The summed E-state index contributed by atoms with van der Waals surface area (Å²) in [6.07, 6.45) is 0.934. The van der Waals surface area contributed by atoms with E-state index in [2.05, 4.69) is 21.6 Å². The number of hydrogen-bond acceptors (Lipinski definition) is 3. The van der Waals surface area contributed by atoms with Crippen molar-refractivity contribution in [2.45, 2.75) is 13.0 Å². The second-order valence-electron chi connectivity index (χ2n) is 5.12. The average Bonchev–Trinajstić information content (AvgIpc) is 2.81. The molecule has 0 bridgehead atoms. The topological polar surface area (TPSA) is 44.4 Å². The smallest absolute Gasteiger partial charge is 0.228 e. The number of nitrogens with zero attached hydrogens (tertiary/aromatic N) is 1. The highest BCUT2D eigenvalue weighted by Crippen LogP contribution is 2.15. The Kier molecular flexibility index (Phi) is 4.33. The lowest BCUT2D eigenvalue weighted by Crippen LogP contribution is -2.24. The van der Waals surface area contributed by atoms with Gasteiger partial charge in [-0.2, -0.15) is 0 Å². The van der Waals surface area contributed by atoms with Gasteiger partial charge in [0.25, 0.3) is 0 Å². The number of carbonyl (C=O) groups excluding carboxylic acids is 1. The largest absolute Gasteiger partial charge is 0.326 e. The zero-order valence-electron chi connectivity index (χ0n) is 11.1. The molecule has 1 aliphatic heterocycles. The van der Waals surface area contributed by atoms with Crippen LogP contribution in [-0.2, 0) is 11.3 Å². The molecule has 0 aromatic heterocycles. The highest BCUT2D eigenvalue weighted by molar-refractivity contribution is 5.92. The molecule has 1 aromatic carbocycles. The second-order valence-corrected chi connectivity index (χ2v) is 5.12. The molecule has 4 nitrogen and oxygen atoms in total. The molecule has 1 amide bonds. The molecule has 0 spiro atoms. The van der Waals surface area contributed by atoms with Gasteiger partial charge in [-0.25, -0.2) is 0 Å². The second kappa shape index (κ2) is 5.98. The molecule has 1 heterocycles. The third-order valence-electron chi connectivity index (χ3n) is 3.12. The molecule has 1 fully saturated rings. The SMILES string of the molecule is CN(C)Cc1cccc(NC(=O)C2CCNC2)c1. The number of rotatable bonds is 4. The Morgan fingerprint density at radius 2 is 2.33 bits per heavy atom. The van der Waals surface area contributed by atoms with Crippen LogP contribution in [0.2, 0.25) is 0 Å². The van der Waals surface area contributed by atoms with Crippen LogP contribution in [0.4, 0.5) is 5.69 Å². The minimum atomic E-state index is 0.113. The van der Waals surface area contributed by atoms with Crippen LogP contribution in [0.1, 0.15) is 12.0 Å². The molecule has 1 unspecified atom stereocenters. The third kappa shape index (κ3) is 3.55. The van der Waals surface area contributed by atoms with Crippen molar-refractivity contribution in [2.24, 2.45) is 5.92 Å². The predicted molar refractivity (Wildman–Crippen MR) is 73.4 cm³/mol. The van der Waals surface area contributed by atoms with Gasteiger partial charge in [0.05, 0.1) is 5.92 Å². The fraction of sp³-hybridized carbons (Fsp3) is 0.500. The van der Waals surface area contributed by atoms with Crippen molar-refractivity contribution in [3.05, 3.63) is 29.8 Å². The first-order valence-electron chi connectivity index (χ1n) is 6.40. The maximum absolute atomic E-state index is 12.0. The van der Waals surface area contributed by atoms with Crippen LogP contribution in [0, 0.1) is 5.92 Å². The van der Waals surface area contributed by atoms with Crippen LogP contribution in [0.25, 0.3) is 0 Å². The Balaban J connectivity index is 1.97. The average molecular weight is 247 g/mol. The van der Waals surface area contributed by atoms with E-state index in [1.54, 1.807) is 0 Å². The van der Waals surface area contributed by atoms with Gasteiger partial charge in [-0.1, -0.05) is 12.1 Å². The van der Waals surface area contributed by atoms with Gasteiger partial charge in [0.15, 0.2) is 0 Å². The fourth-order valence-corrected chi connectivity index (χ4v) is 2.24. The molecular weight excluding hydrogens is 226 g/mol. The fourth-order valence-electron chi connectivity index (χ4n) is 2.24. The zero-order chi connectivity index (χ0) is 13.0. The standard InChI is InChI=1S/C14H21N3O/c1-17(2)10-11-4-3-5-13(8-11)16-14(18)12-6-7-15-9-12/h3-5,8,12,15H,6-7,9-10H2,1-2H3,(H,16,18). The molecule has 1 aromatic rings. The van der Waals surface area contributed by atoms with E-state index in [-0.39, 0.29) is 11.8 Å². The molecule has 1 saturated heterocycles. The highest BCUT2D eigenvalue weighted by atomic mass is 16.1. The van der Waals surface area contributed by atoms with E-state index < -0.39 is 0 Å². The summed E-state index contributed by atoms with van der Waals surface area (Å²) in [6, 6.07) is 8.05. The van der Waals surface area contributed by atoms with Gasteiger partial charge in [-0.15, -0.1) is 0 Å². The maximum atomic E-state index is 12.0. The number of anilines is 1. The lowest BCUT2D eigenvalue weighted by atomic mass is 10.1. The van der Waals surface area contributed by atoms with Crippen LogP contribution >= 0.6 is 0 Å². The summed E-state index contributed by atoms with van der Waals surface area (Å²) in [5.74, 6) is 0.240. The van der Waals surface area contributed by atoms with Crippen LogP contribution < -0.4 is 10.6 Å². The summed E-state index contributed by atoms with van der Waals surface area (Å²) >= 11 is 0. The van der Waals surface area contributed by atoms with E-state index in [0.29, 0.717) is 0 Å². The molecule has 0 aliphatic carbocycles. The van der Waals surface area contributed by atoms with Crippen LogP contribution in [-0.4, -0.2) is 38.0 Å². The van der Waals surface area contributed by atoms with Gasteiger partial charge in [0.2, 0.25) is 5.91 Å². The molecule has 98 valence electrons. The summed E-state index contributed by atoms with van der Waals surface area (Å²) in [4.78, 5) is 14.1. The van der Waals surface area contributed by atoms with Crippen LogP contribution in [0.5, 0.6) is 0 Å². The van der Waals surface area contributed by atoms with Crippen molar-refractivity contribution in [3.63, 3.8) is 0 Å². The Morgan fingerprint density at radius 1 is 1.50 bits per heavy atom. The number of nitrogens with one attached hydrogen (secondary N) is 2. The normalized spacial score (nSPS) is 19.2. The number of hydrogen-bond donors (Lipinski definition) is 2. The van der Waals surface area contributed by atoms with E-state index in [0.717, 1.165) is 31.7 Å². The van der Waals surface area contributed by atoms with Crippen LogP contribution in [0.15, 0.2) is 24.3 Å². The van der Waals surface area contributed by atoms with Gasteiger partial charge in [0, 0.05) is 18.8 Å². The maximum Gasteiger partial charge on any atom is 0.228 e. The number of benzene rings is 1. The van der Waals surface area contributed by atoms with Gasteiger partial charge in [-0.3, -0.25) is 4.79 Å². The zero-order valence-corrected chi connectivity index (χ0v) is 11.1. The van der Waals surface area contributed by atoms with Gasteiger partial charge in [-0.05, 0) is 44.8 Å². The van der Waals surface area contributed by atoms with Crippen molar-refractivity contribution >= 4 is 11.6 Å². The van der Waals surface area contributed by atoms with Crippen molar-refractivity contribution in [3.8, 4) is 0 Å². The lowest BCUT2D eigenvalue weighted by Gasteiger charge is -2.13. The van der Waals surface area contributed by atoms with Crippen molar-refractivity contribution in [2.75, 3.05) is 32.5 Å². The monoisotopic (exact) mass is 247 g/mol. The minimum absolute atomic E-state index is 0.113. The molecular formula is C14H21N3O. The van der Waals surface area contributed by atoms with E-state index in [9.17, 15) is 4.79 Å². The Hall–Kier alpha value is -1.39. The van der Waals surface area contributed by atoms with Crippen molar-refractivity contribution in [1.29, 1.82) is 0 Å². The van der Waals surface area contributed by atoms with Gasteiger partial charge in [0.1, 0.15) is 0 Å². The first kappa shape index (κ1) is 13.1. The summed E-state index contributed by atoms with van der Waals surface area (Å²) in [6.45, 7) is 2.62. The summed E-state index contributed by atoms with van der Waals surface area (Å²) in [5, 5.41) is 6.21. The number of amides is 1. The summed E-state index contributed by atoms with van der Waals surface area (Å²) < 4.78 is 0. The van der Waals surface area contributed by atoms with Crippen molar-refractivity contribution < 1.29 is 4.79 Å². The molecule has 0 radical (unpaired) electrons. The van der Waals surface area contributed by atoms with Gasteiger partial charge < -0.3 is 15.5 Å². The van der Waals surface area contributed by atoms with E-state index in [4.69, 9.17) is 0 Å². The van der Waals surface area contributed by atoms with E-state index >= 15 is 0 Å². The quantitative estimate of drug-likeness (QED) is 0.843. The number of carbonyl (C=O) groups is 1. The Labute approximate surface area is 108 Å². The first-order valence-corrected chi connectivity index (χ1v) is 6.40. The van der Waals surface area contributed by atoms with Crippen molar-refractivity contribution in [1.82, 2.24) is 10.2 Å². The van der Waals surface area contributed by atoms with E-state index in [1.165, 1.54) is 5.56 Å². The summed E-state index contributed by atoms with van der Waals surface area (Å²) in [5.41, 5.74) is 2.11. The molecule has 1 aliphatic rings. The Bertz CT molecular complexity index is 411. The molecule has 2 rings (SSSR count). The van der Waals surface area contributed by atoms with Crippen LogP contribution in [0.3, 0.4) is 0 Å². The minimum Gasteiger partial charge on any atom is -0.326 e.